The SMILES string of the molecule is COc1cc(=O)n2c(c1C(=O)NC(C)c1ccco1)CCN(Cc1cc3ccccc3o1)CC2. The highest BCUT2D eigenvalue weighted by atomic mass is 16.5. The lowest BCUT2D eigenvalue weighted by Crippen LogP contribution is -2.32. The minimum Gasteiger partial charge on any atom is -0.496 e. The van der Waals surface area contributed by atoms with Crippen molar-refractivity contribution in [2.45, 2.75) is 32.5 Å². The number of carbonyl (C=O) groups excluding carboxylic acids is 1. The van der Waals surface area contributed by atoms with Crippen molar-refractivity contribution < 1.29 is 18.4 Å². The minimum absolute atomic E-state index is 0.173. The fourth-order valence-corrected chi connectivity index (χ4v) is 4.57. The Hall–Kier alpha value is -3.78. The number of fused-ring (bicyclic) bond motifs is 2. The van der Waals surface area contributed by atoms with Crippen LogP contribution in [0.3, 0.4) is 0 Å². The molecule has 0 saturated heterocycles. The zero-order valence-corrected chi connectivity index (χ0v) is 19.2. The van der Waals surface area contributed by atoms with Crippen LogP contribution < -0.4 is 15.6 Å². The number of benzene rings is 1. The molecule has 5 rings (SSSR count). The maximum Gasteiger partial charge on any atom is 0.257 e. The lowest BCUT2D eigenvalue weighted by molar-refractivity contribution is 0.0930. The van der Waals surface area contributed by atoms with Gasteiger partial charge in [0.2, 0.25) is 0 Å². The Morgan fingerprint density at radius 1 is 1.15 bits per heavy atom. The molecule has 1 amide bonds. The maximum absolute atomic E-state index is 13.3. The van der Waals surface area contributed by atoms with Crippen LogP contribution in [0.25, 0.3) is 11.0 Å². The second-order valence-electron chi connectivity index (χ2n) is 8.51. The molecule has 1 atom stereocenters. The van der Waals surface area contributed by atoms with Crippen LogP contribution in [0.15, 0.2) is 68.4 Å². The molecule has 1 aliphatic heterocycles. The summed E-state index contributed by atoms with van der Waals surface area (Å²) < 4.78 is 18.5. The average molecular weight is 462 g/mol. The van der Waals surface area contributed by atoms with Crippen molar-refractivity contribution in [1.29, 1.82) is 0 Å². The summed E-state index contributed by atoms with van der Waals surface area (Å²) in [5, 5.41) is 4.04. The molecule has 4 aromatic rings. The maximum atomic E-state index is 13.3. The van der Waals surface area contributed by atoms with Gasteiger partial charge in [-0.2, -0.15) is 0 Å². The highest BCUT2D eigenvalue weighted by Crippen LogP contribution is 2.25. The predicted molar refractivity (Wildman–Crippen MR) is 127 cm³/mol. The topological polar surface area (TPSA) is 89.8 Å². The normalized spacial score (nSPS) is 15.0. The zero-order valence-electron chi connectivity index (χ0n) is 19.2. The number of carbonyl (C=O) groups is 1. The first kappa shape index (κ1) is 22.0. The molecular weight excluding hydrogens is 434 g/mol. The third kappa shape index (κ3) is 4.24. The van der Waals surface area contributed by atoms with Gasteiger partial charge in [0.1, 0.15) is 28.4 Å². The predicted octanol–water partition coefficient (Wildman–Crippen LogP) is 3.75. The Morgan fingerprint density at radius 3 is 2.76 bits per heavy atom. The first-order valence-corrected chi connectivity index (χ1v) is 11.4. The van der Waals surface area contributed by atoms with E-state index in [0.717, 1.165) is 16.7 Å². The van der Waals surface area contributed by atoms with E-state index in [-0.39, 0.29) is 23.3 Å². The molecule has 8 nitrogen and oxygen atoms in total. The average Bonchev–Trinajstić information content (AvgIpc) is 3.46. The summed E-state index contributed by atoms with van der Waals surface area (Å²) in [7, 11) is 1.48. The van der Waals surface area contributed by atoms with Gasteiger partial charge in [-0.3, -0.25) is 14.5 Å². The molecule has 1 N–H and O–H groups in total. The molecule has 0 radical (unpaired) electrons. The van der Waals surface area contributed by atoms with Crippen molar-refractivity contribution in [3.63, 3.8) is 0 Å². The van der Waals surface area contributed by atoms with Crippen LogP contribution in [0.4, 0.5) is 0 Å². The van der Waals surface area contributed by atoms with Gasteiger partial charge in [-0.1, -0.05) is 18.2 Å². The molecule has 0 spiro atoms. The van der Waals surface area contributed by atoms with Crippen LogP contribution in [0.5, 0.6) is 5.75 Å². The Labute approximate surface area is 196 Å². The smallest absolute Gasteiger partial charge is 0.257 e. The van der Waals surface area contributed by atoms with Gasteiger partial charge in [0.25, 0.3) is 11.5 Å². The van der Waals surface area contributed by atoms with Gasteiger partial charge >= 0.3 is 0 Å². The van der Waals surface area contributed by atoms with Crippen LogP contribution in [0.1, 0.15) is 40.5 Å². The van der Waals surface area contributed by atoms with E-state index >= 15 is 0 Å². The molecular formula is C26H27N3O5. The molecule has 0 saturated carbocycles. The number of hydrogen-bond acceptors (Lipinski definition) is 6. The van der Waals surface area contributed by atoms with E-state index in [1.54, 1.807) is 16.9 Å². The summed E-state index contributed by atoms with van der Waals surface area (Å²) in [6.07, 6.45) is 2.10. The summed E-state index contributed by atoms with van der Waals surface area (Å²) in [5.41, 5.74) is 1.76. The molecule has 0 bridgehead atoms. The lowest BCUT2D eigenvalue weighted by atomic mass is 10.1. The Bertz CT molecular complexity index is 1340. The summed E-state index contributed by atoms with van der Waals surface area (Å²) in [5.74, 6) is 1.52. The van der Waals surface area contributed by atoms with E-state index in [1.165, 1.54) is 13.2 Å². The number of ether oxygens (including phenoxy) is 1. The first-order chi connectivity index (χ1) is 16.5. The largest absolute Gasteiger partial charge is 0.496 e. The second-order valence-corrected chi connectivity index (χ2v) is 8.51. The van der Waals surface area contributed by atoms with Crippen molar-refractivity contribution >= 4 is 16.9 Å². The molecule has 0 aliphatic carbocycles. The number of furan rings is 2. The van der Waals surface area contributed by atoms with E-state index in [0.29, 0.717) is 49.6 Å². The molecule has 1 unspecified atom stereocenters. The van der Waals surface area contributed by atoms with Gasteiger partial charge in [-0.15, -0.1) is 0 Å². The number of aromatic nitrogens is 1. The fraction of sp³-hybridized carbons (Fsp3) is 0.308. The Balaban J connectivity index is 1.40. The highest BCUT2D eigenvalue weighted by molar-refractivity contribution is 5.98. The van der Waals surface area contributed by atoms with Gasteiger partial charge < -0.3 is 23.5 Å². The van der Waals surface area contributed by atoms with Crippen LogP contribution in [-0.4, -0.2) is 35.6 Å². The summed E-state index contributed by atoms with van der Waals surface area (Å²) >= 11 is 0. The number of pyridine rings is 1. The van der Waals surface area contributed by atoms with E-state index in [2.05, 4.69) is 16.3 Å². The van der Waals surface area contributed by atoms with Crippen molar-refractivity contribution in [2.75, 3.05) is 20.2 Å². The molecule has 1 aromatic carbocycles. The molecule has 176 valence electrons. The third-order valence-corrected chi connectivity index (χ3v) is 6.31. The van der Waals surface area contributed by atoms with Gasteiger partial charge in [0.05, 0.1) is 26.0 Å². The van der Waals surface area contributed by atoms with Crippen LogP contribution >= 0.6 is 0 Å². The number of nitrogens with zero attached hydrogens (tertiary/aromatic N) is 2. The number of hydrogen-bond donors (Lipinski definition) is 1. The number of amides is 1. The molecule has 8 heteroatoms. The monoisotopic (exact) mass is 461 g/mol. The van der Waals surface area contributed by atoms with E-state index < -0.39 is 0 Å². The number of rotatable bonds is 6. The van der Waals surface area contributed by atoms with Crippen molar-refractivity contribution in [3.05, 3.63) is 87.9 Å². The van der Waals surface area contributed by atoms with Crippen LogP contribution in [0, 0.1) is 0 Å². The van der Waals surface area contributed by atoms with Crippen molar-refractivity contribution in [2.24, 2.45) is 0 Å². The number of para-hydroxylation sites is 1. The third-order valence-electron chi connectivity index (χ3n) is 6.31. The highest BCUT2D eigenvalue weighted by Gasteiger charge is 2.27. The Morgan fingerprint density at radius 2 is 2.00 bits per heavy atom. The van der Waals surface area contributed by atoms with Gasteiger partial charge in [-0.25, -0.2) is 0 Å². The first-order valence-electron chi connectivity index (χ1n) is 11.4. The van der Waals surface area contributed by atoms with Gasteiger partial charge in [0.15, 0.2) is 0 Å². The Kier molecular flexibility index (Phi) is 5.98. The number of methoxy groups -OCH3 is 1. The summed E-state index contributed by atoms with van der Waals surface area (Å²) in [6, 6.07) is 14.6. The van der Waals surface area contributed by atoms with Gasteiger partial charge in [0, 0.05) is 43.2 Å². The molecule has 3 aromatic heterocycles. The second kappa shape index (κ2) is 9.23. The lowest BCUT2D eigenvalue weighted by Gasteiger charge is -2.19. The van der Waals surface area contributed by atoms with E-state index in [4.69, 9.17) is 13.6 Å². The standard InChI is InChI=1S/C26H27N3O5/c1-17(21-8-5-13-33-21)27-26(31)25-20-9-10-28(11-12-29(20)24(30)15-23(25)32-2)16-19-14-18-6-3-4-7-22(18)34-19/h3-8,13-15,17H,9-12,16H2,1-2H3,(H,27,31). The van der Waals surface area contributed by atoms with Crippen LogP contribution in [0.2, 0.25) is 0 Å². The minimum atomic E-state index is -0.324. The zero-order chi connectivity index (χ0) is 23.7. The van der Waals surface area contributed by atoms with Crippen molar-refractivity contribution in [3.8, 4) is 5.75 Å². The number of nitrogens with one attached hydrogen (secondary N) is 1. The molecule has 0 fully saturated rings. The van der Waals surface area contributed by atoms with Gasteiger partial charge in [-0.05, 0) is 31.2 Å². The summed E-state index contributed by atoms with van der Waals surface area (Å²) in [4.78, 5) is 28.4. The quantitative estimate of drug-likeness (QED) is 0.471. The van der Waals surface area contributed by atoms with E-state index in [1.807, 2.05) is 37.3 Å². The fourth-order valence-electron chi connectivity index (χ4n) is 4.57. The molecule has 4 heterocycles. The molecule has 1 aliphatic rings. The van der Waals surface area contributed by atoms with Crippen molar-refractivity contribution in [1.82, 2.24) is 14.8 Å². The van der Waals surface area contributed by atoms with Crippen LogP contribution in [-0.2, 0) is 19.5 Å². The molecule has 34 heavy (non-hydrogen) atoms. The van der Waals surface area contributed by atoms with E-state index in [9.17, 15) is 9.59 Å². The summed E-state index contributed by atoms with van der Waals surface area (Å²) in [6.45, 7) is 4.31.